The quantitative estimate of drug-likeness (QED) is 0.856. The largest absolute Gasteiger partial charge is 0.340 e. The van der Waals surface area contributed by atoms with Crippen molar-refractivity contribution >= 4 is 11.8 Å². The average Bonchev–Trinajstić information content (AvgIpc) is 2.66. The Bertz CT molecular complexity index is 833. The molecule has 0 spiro atoms. The zero-order valence-electron chi connectivity index (χ0n) is 16.2. The zero-order chi connectivity index (χ0) is 20.0. The molecule has 2 aromatic carbocycles. The van der Waals surface area contributed by atoms with Gasteiger partial charge in [-0.1, -0.05) is 43.7 Å². The first-order chi connectivity index (χ1) is 12.8. The summed E-state index contributed by atoms with van der Waals surface area (Å²) in [5, 5.41) is 11.7. The number of nitrogens with zero attached hydrogens (tertiary/aromatic N) is 2. The summed E-state index contributed by atoms with van der Waals surface area (Å²) in [6.45, 7) is 6.19. The maximum absolute atomic E-state index is 12.9. The Morgan fingerprint density at radius 1 is 1.07 bits per heavy atom. The van der Waals surface area contributed by atoms with Gasteiger partial charge in [-0.2, -0.15) is 5.26 Å². The van der Waals surface area contributed by atoms with Crippen LogP contribution in [0.1, 0.15) is 40.9 Å². The van der Waals surface area contributed by atoms with Crippen LogP contribution in [0.15, 0.2) is 48.5 Å². The molecule has 1 N–H and O–H groups in total. The van der Waals surface area contributed by atoms with Crippen molar-refractivity contribution in [2.24, 2.45) is 5.92 Å². The van der Waals surface area contributed by atoms with Crippen molar-refractivity contribution in [3.05, 3.63) is 70.8 Å². The third-order valence-electron chi connectivity index (χ3n) is 4.41. The first kappa shape index (κ1) is 20.2. The SMILES string of the molecule is Cc1ccc(C(=O)NC(C(=O)N(C)Cc2ccc(C#N)cc2)C(C)C)cc1. The molecule has 0 aliphatic rings. The van der Waals surface area contributed by atoms with Gasteiger partial charge in [-0.05, 0) is 42.7 Å². The standard InChI is InChI=1S/C22H25N3O2/c1-15(2)20(24-21(26)19-11-5-16(3)6-12-19)22(27)25(4)14-18-9-7-17(13-23)8-10-18/h5-12,15,20H,14H2,1-4H3,(H,24,26). The van der Waals surface area contributed by atoms with E-state index in [4.69, 9.17) is 5.26 Å². The molecular weight excluding hydrogens is 338 g/mol. The molecule has 0 aliphatic carbocycles. The molecule has 0 aliphatic heterocycles. The van der Waals surface area contributed by atoms with Crippen molar-refractivity contribution in [1.29, 1.82) is 5.26 Å². The topological polar surface area (TPSA) is 73.2 Å². The van der Waals surface area contributed by atoms with Crippen LogP contribution >= 0.6 is 0 Å². The predicted octanol–water partition coefficient (Wildman–Crippen LogP) is 3.28. The van der Waals surface area contributed by atoms with Crippen molar-refractivity contribution in [3.8, 4) is 6.07 Å². The smallest absolute Gasteiger partial charge is 0.251 e. The Labute approximate surface area is 160 Å². The molecule has 1 unspecified atom stereocenters. The molecule has 0 radical (unpaired) electrons. The number of carbonyl (C=O) groups is 2. The fourth-order valence-electron chi connectivity index (χ4n) is 2.72. The summed E-state index contributed by atoms with van der Waals surface area (Å²) >= 11 is 0. The van der Waals surface area contributed by atoms with E-state index in [1.54, 1.807) is 36.2 Å². The van der Waals surface area contributed by atoms with Crippen LogP contribution in [0.3, 0.4) is 0 Å². The molecule has 1 atom stereocenters. The summed E-state index contributed by atoms with van der Waals surface area (Å²) in [5.74, 6) is -0.445. The summed E-state index contributed by atoms with van der Waals surface area (Å²) in [6, 6.07) is 15.8. The lowest BCUT2D eigenvalue weighted by Gasteiger charge is -2.27. The zero-order valence-corrected chi connectivity index (χ0v) is 16.2. The number of nitrogens with one attached hydrogen (secondary N) is 1. The van der Waals surface area contributed by atoms with Gasteiger partial charge in [0, 0.05) is 19.2 Å². The Balaban J connectivity index is 2.07. The van der Waals surface area contributed by atoms with E-state index in [2.05, 4.69) is 11.4 Å². The number of amides is 2. The molecule has 0 bridgehead atoms. The van der Waals surface area contributed by atoms with Crippen LogP contribution in [-0.2, 0) is 11.3 Å². The van der Waals surface area contributed by atoms with E-state index in [0.717, 1.165) is 11.1 Å². The second-order valence-corrected chi connectivity index (χ2v) is 7.06. The van der Waals surface area contributed by atoms with E-state index in [0.29, 0.717) is 17.7 Å². The number of carbonyl (C=O) groups excluding carboxylic acids is 2. The summed E-state index contributed by atoms with van der Waals surface area (Å²) < 4.78 is 0. The second kappa shape index (κ2) is 9.00. The molecule has 2 rings (SSSR count). The molecule has 0 saturated heterocycles. The molecule has 0 heterocycles. The van der Waals surface area contributed by atoms with E-state index in [1.807, 2.05) is 45.0 Å². The van der Waals surface area contributed by atoms with Crippen LogP contribution in [0.25, 0.3) is 0 Å². The van der Waals surface area contributed by atoms with Crippen LogP contribution in [0.5, 0.6) is 0 Å². The number of rotatable bonds is 6. The highest BCUT2D eigenvalue weighted by Crippen LogP contribution is 2.12. The fraction of sp³-hybridized carbons (Fsp3) is 0.318. The first-order valence-corrected chi connectivity index (χ1v) is 8.93. The first-order valence-electron chi connectivity index (χ1n) is 8.93. The lowest BCUT2D eigenvalue weighted by molar-refractivity contribution is -0.133. The number of nitriles is 1. The normalized spacial score (nSPS) is 11.6. The minimum absolute atomic E-state index is 0.0460. The maximum atomic E-state index is 12.9. The maximum Gasteiger partial charge on any atom is 0.251 e. The van der Waals surface area contributed by atoms with Gasteiger partial charge in [0.2, 0.25) is 5.91 Å². The molecule has 0 fully saturated rings. The second-order valence-electron chi connectivity index (χ2n) is 7.06. The van der Waals surface area contributed by atoms with Gasteiger partial charge in [0.15, 0.2) is 0 Å². The van der Waals surface area contributed by atoms with Gasteiger partial charge in [-0.15, -0.1) is 0 Å². The van der Waals surface area contributed by atoms with Crippen LogP contribution in [0.4, 0.5) is 0 Å². The van der Waals surface area contributed by atoms with Gasteiger partial charge in [-0.25, -0.2) is 0 Å². The minimum Gasteiger partial charge on any atom is -0.340 e. The number of likely N-dealkylation sites (N-methyl/N-ethyl adjacent to an activating group) is 1. The third-order valence-corrected chi connectivity index (χ3v) is 4.41. The summed E-state index contributed by atoms with van der Waals surface area (Å²) in [6.07, 6.45) is 0. The van der Waals surface area contributed by atoms with Crippen LogP contribution < -0.4 is 5.32 Å². The number of benzene rings is 2. The highest BCUT2D eigenvalue weighted by atomic mass is 16.2. The van der Waals surface area contributed by atoms with Gasteiger partial charge in [0.05, 0.1) is 11.6 Å². The average molecular weight is 363 g/mol. The van der Waals surface area contributed by atoms with Crippen LogP contribution in [0.2, 0.25) is 0 Å². The monoisotopic (exact) mass is 363 g/mol. The van der Waals surface area contributed by atoms with Crippen molar-refractivity contribution < 1.29 is 9.59 Å². The van der Waals surface area contributed by atoms with Gasteiger partial charge < -0.3 is 10.2 Å². The van der Waals surface area contributed by atoms with Gasteiger partial charge in [-0.3, -0.25) is 9.59 Å². The van der Waals surface area contributed by atoms with Gasteiger partial charge >= 0.3 is 0 Å². The Hall–Kier alpha value is -3.13. The molecule has 140 valence electrons. The summed E-state index contributed by atoms with van der Waals surface area (Å²) in [7, 11) is 1.72. The summed E-state index contributed by atoms with van der Waals surface area (Å²) in [4.78, 5) is 27.0. The highest BCUT2D eigenvalue weighted by Gasteiger charge is 2.27. The predicted molar refractivity (Wildman–Crippen MR) is 105 cm³/mol. The number of hydrogen-bond donors (Lipinski definition) is 1. The van der Waals surface area contributed by atoms with Crippen LogP contribution in [0, 0.1) is 24.2 Å². The number of aryl methyl sites for hydroxylation is 1. The molecule has 5 nitrogen and oxygen atoms in total. The molecule has 27 heavy (non-hydrogen) atoms. The molecule has 0 aromatic heterocycles. The minimum atomic E-state index is -0.609. The third kappa shape index (κ3) is 5.42. The Kier molecular flexibility index (Phi) is 6.73. The lowest BCUT2D eigenvalue weighted by Crippen LogP contribution is -2.50. The summed E-state index contributed by atoms with van der Waals surface area (Å²) in [5.41, 5.74) is 3.12. The van der Waals surface area contributed by atoms with E-state index in [9.17, 15) is 9.59 Å². The molecule has 2 aromatic rings. The van der Waals surface area contributed by atoms with E-state index >= 15 is 0 Å². The van der Waals surface area contributed by atoms with Crippen molar-refractivity contribution in [2.45, 2.75) is 33.4 Å². The Morgan fingerprint density at radius 3 is 2.19 bits per heavy atom. The fourth-order valence-corrected chi connectivity index (χ4v) is 2.72. The van der Waals surface area contributed by atoms with Gasteiger partial charge in [0.25, 0.3) is 5.91 Å². The van der Waals surface area contributed by atoms with Gasteiger partial charge in [0.1, 0.15) is 6.04 Å². The lowest BCUT2D eigenvalue weighted by atomic mass is 10.0. The van der Waals surface area contributed by atoms with Crippen molar-refractivity contribution in [2.75, 3.05) is 7.05 Å². The van der Waals surface area contributed by atoms with E-state index in [-0.39, 0.29) is 17.7 Å². The highest BCUT2D eigenvalue weighted by molar-refractivity contribution is 5.97. The molecule has 5 heteroatoms. The molecule has 2 amide bonds. The molecular formula is C22H25N3O2. The molecule has 0 saturated carbocycles. The van der Waals surface area contributed by atoms with E-state index in [1.165, 1.54) is 0 Å². The number of hydrogen-bond acceptors (Lipinski definition) is 3. The van der Waals surface area contributed by atoms with E-state index < -0.39 is 6.04 Å². The van der Waals surface area contributed by atoms with Crippen LogP contribution in [-0.4, -0.2) is 29.8 Å². The van der Waals surface area contributed by atoms with Crippen molar-refractivity contribution in [1.82, 2.24) is 10.2 Å². The Morgan fingerprint density at radius 2 is 1.67 bits per heavy atom. The van der Waals surface area contributed by atoms with Crippen molar-refractivity contribution in [3.63, 3.8) is 0 Å².